The number of nitrogens with zero attached hydrogens (tertiary/aromatic N) is 3. The number of aryl methyl sites for hydroxylation is 2. The molecule has 180 valence electrons. The zero-order valence-corrected chi connectivity index (χ0v) is 19.9. The number of nitrogens with one attached hydrogen (secondary N) is 2. The Morgan fingerprint density at radius 2 is 1.94 bits per heavy atom. The van der Waals surface area contributed by atoms with E-state index in [9.17, 15) is 9.59 Å². The van der Waals surface area contributed by atoms with Crippen LogP contribution in [0.15, 0.2) is 65.3 Å². The summed E-state index contributed by atoms with van der Waals surface area (Å²) in [5, 5.41) is 9.88. The summed E-state index contributed by atoms with van der Waals surface area (Å²) in [6, 6.07) is 14.7. The number of carbonyl (C=O) groups excluding carboxylic acids is 2. The van der Waals surface area contributed by atoms with Gasteiger partial charge in [-0.3, -0.25) is 14.3 Å². The number of benzene rings is 2. The fourth-order valence-corrected chi connectivity index (χ4v) is 3.50. The second-order valence-corrected chi connectivity index (χ2v) is 7.94. The van der Waals surface area contributed by atoms with Gasteiger partial charge in [0.05, 0.1) is 31.8 Å². The van der Waals surface area contributed by atoms with Crippen molar-refractivity contribution in [3.05, 3.63) is 83.5 Å². The Morgan fingerprint density at radius 3 is 2.66 bits per heavy atom. The molecule has 0 aliphatic rings. The van der Waals surface area contributed by atoms with Gasteiger partial charge in [-0.15, -0.1) is 0 Å². The first kappa shape index (κ1) is 23.7. The van der Waals surface area contributed by atoms with Crippen molar-refractivity contribution in [1.29, 1.82) is 0 Å². The largest absolute Gasteiger partial charge is 0.497 e. The number of oxazole rings is 1. The second kappa shape index (κ2) is 10.7. The molecule has 0 fully saturated rings. The molecule has 9 heteroatoms. The van der Waals surface area contributed by atoms with Crippen molar-refractivity contribution in [2.45, 2.75) is 33.4 Å². The van der Waals surface area contributed by atoms with E-state index >= 15 is 0 Å². The van der Waals surface area contributed by atoms with Crippen molar-refractivity contribution < 1.29 is 18.7 Å². The predicted molar refractivity (Wildman–Crippen MR) is 131 cm³/mol. The predicted octanol–water partition coefficient (Wildman–Crippen LogP) is 3.99. The van der Waals surface area contributed by atoms with Crippen molar-refractivity contribution in [2.75, 3.05) is 12.4 Å². The van der Waals surface area contributed by atoms with Gasteiger partial charge in [0.15, 0.2) is 0 Å². The number of amides is 2. The van der Waals surface area contributed by atoms with Crippen LogP contribution in [0.4, 0.5) is 5.69 Å². The summed E-state index contributed by atoms with van der Waals surface area (Å²) in [4.78, 5) is 29.4. The summed E-state index contributed by atoms with van der Waals surface area (Å²) >= 11 is 0. The fraction of sp³-hybridized carbons (Fsp3) is 0.231. The molecule has 2 aromatic heterocycles. The fourth-order valence-electron chi connectivity index (χ4n) is 3.50. The number of methoxy groups -OCH3 is 1. The number of rotatable bonds is 9. The SMILES string of the molecule is CCn1cc(C(=O)NCc2nc(-c3cccc(NC(=O)Cc4ccc(OC)cc4)c3)oc2C)cn1. The third-order valence-corrected chi connectivity index (χ3v) is 5.45. The molecule has 4 aromatic rings. The van der Waals surface area contributed by atoms with Crippen LogP contribution in [0, 0.1) is 6.92 Å². The summed E-state index contributed by atoms with van der Waals surface area (Å²) < 4.78 is 12.7. The van der Waals surface area contributed by atoms with Gasteiger partial charge in [-0.2, -0.15) is 5.10 Å². The molecule has 0 saturated heterocycles. The monoisotopic (exact) mass is 473 g/mol. The van der Waals surface area contributed by atoms with Crippen LogP contribution in [-0.4, -0.2) is 33.7 Å². The molecule has 0 aliphatic carbocycles. The maximum absolute atomic E-state index is 12.5. The zero-order valence-electron chi connectivity index (χ0n) is 19.9. The lowest BCUT2D eigenvalue weighted by molar-refractivity contribution is -0.115. The van der Waals surface area contributed by atoms with E-state index in [-0.39, 0.29) is 24.8 Å². The number of anilines is 1. The number of carbonyl (C=O) groups is 2. The van der Waals surface area contributed by atoms with Gasteiger partial charge in [0.2, 0.25) is 11.8 Å². The van der Waals surface area contributed by atoms with E-state index in [1.54, 1.807) is 31.0 Å². The van der Waals surface area contributed by atoms with Crippen LogP contribution in [-0.2, 0) is 24.3 Å². The van der Waals surface area contributed by atoms with E-state index in [1.807, 2.05) is 49.4 Å². The van der Waals surface area contributed by atoms with Crippen LogP contribution in [0.5, 0.6) is 5.75 Å². The van der Waals surface area contributed by atoms with Gasteiger partial charge in [-0.1, -0.05) is 18.2 Å². The molecule has 0 bridgehead atoms. The number of hydrogen-bond acceptors (Lipinski definition) is 6. The van der Waals surface area contributed by atoms with Crippen LogP contribution in [0.1, 0.15) is 34.3 Å². The Kier molecular flexibility index (Phi) is 7.25. The summed E-state index contributed by atoms with van der Waals surface area (Å²) in [6.07, 6.45) is 3.48. The molecule has 2 amide bonds. The summed E-state index contributed by atoms with van der Waals surface area (Å²) in [6.45, 7) is 4.67. The molecule has 2 N–H and O–H groups in total. The molecule has 4 rings (SSSR count). The normalized spacial score (nSPS) is 10.7. The Balaban J connectivity index is 1.39. The van der Waals surface area contributed by atoms with Gasteiger partial charge in [-0.05, 0) is 49.7 Å². The molecule has 0 unspecified atom stereocenters. The molecule has 2 heterocycles. The molecular formula is C26H27N5O4. The van der Waals surface area contributed by atoms with Crippen LogP contribution in [0.25, 0.3) is 11.5 Å². The van der Waals surface area contributed by atoms with E-state index in [0.717, 1.165) is 16.9 Å². The molecule has 0 saturated carbocycles. The van der Waals surface area contributed by atoms with Gasteiger partial charge >= 0.3 is 0 Å². The van der Waals surface area contributed by atoms with Gasteiger partial charge in [-0.25, -0.2) is 4.98 Å². The van der Waals surface area contributed by atoms with E-state index in [1.165, 1.54) is 6.20 Å². The summed E-state index contributed by atoms with van der Waals surface area (Å²) in [7, 11) is 1.60. The van der Waals surface area contributed by atoms with E-state index in [2.05, 4.69) is 20.7 Å². The van der Waals surface area contributed by atoms with Crippen LogP contribution in [0.2, 0.25) is 0 Å². The lowest BCUT2D eigenvalue weighted by Gasteiger charge is -2.07. The van der Waals surface area contributed by atoms with Gasteiger partial charge in [0.25, 0.3) is 5.91 Å². The van der Waals surface area contributed by atoms with E-state index in [4.69, 9.17) is 9.15 Å². The minimum Gasteiger partial charge on any atom is -0.497 e. The van der Waals surface area contributed by atoms with Crippen LogP contribution < -0.4 is 15.4 Å². The summed E-state index contributed by atoms with van der Waals surface area (Å²) in [5.74, 6) is 1.41. The first-order valence-corrected chi connectivity index (χ1v) is 11.3. The van der Waals surface area contributed by atoms with Gasteiger partial charge in [0, 0.05) is 24.0 Å². The maximum atomic E-state index is 12.5. The quantitative estimate of drug-likeness (QED) is 0.380. The molecule has 0 aliphatic heterocycles. The standard InChI is InChI=1S/C26H27N5O4/c1-4-31-16-20(14-28-31)25(33)27-15-23-17(2)35-26(30-23)19-6-5-7-21(13-19)29-24(32)12-18-8-10-22(34-3)11-9-18/h5-11,13-14,16H,4,12,15H2,1-3H3,(H,27,33)(H,29,32). The number of hydrogen-bond donors (Lipinski definition) is 2. The Labute approximate surface area is 203 Å². The minimum atomic E-state index is -0.227. The minimum absolute atomic E-state index is 0.134. The third kappa shape index (κ3) is 5.94. The topological polar surface area (TPSA) is 111 Å². The van der Waals surface area contributed by atoms with Gasteiger partial charge in [0.1, 0.15) is 17.2 Å². The van der Waals surface area contributed by atoms with E-state index in [0.29, 0.717) is 35.1 Å². The van der Waals surface area contributed by atoms with Crippen molar-refractivity contribution in [2.24, 2.45) is 0 Å². The highest BCUT2D eigenvalue weighted by Crippen LogP contribution is 2.24. The molecular weight excluding hydrogens is 446 g/mol. The average molecular weight is 474 g/mol. The van der Waals surface area contributed by atoms with Gasteiger partial charge < -0.3 is 19.8 Å². The zero-order chi connectivity index (χ0) is 24.8. The highest BCUT2D eigenvalue weighted by atomic mass is 16.5. The van der Waals surface area contributed by atoms with Crippen molar-refractivity contribution >= 4 is 17.5 Å². The average Bonchev–Trinajstić information content (AvgIpc) is 3.50. The molecule has 0 atom stereocenters. The first-order valence-electron chi connectivity index (χ1n) is 11.3. The third-order valence-electron chi connectivity index (χ3n) is 5.45. The number of aromatic nitrogens is 3. The van der Waals surface area contributed by atoms with E-state index < -0.39 is 0 Å². The molecule has 0 radical (unpaired) electrons. The highest BCUT2D eigenvalue weighted by Gasteiger charge is 2.15. The molecule has 35 heavy (non-hydrogen) atoms. The first-order chi connectivity index (χ1) is 16.9. The number of ether oxygens (including phenoxy) is 1. The Bertz CT molecular complexity index is 1320. The van der Waals surface area contributed by atoms with Crippen molar-refractivity contribution in [1.82, 2.24) is 20.1 Å². The Morgan fingerprint density at radius 1 is 1.14 bits per heavy atom. The molecule has 2 aromatic carbocycles. The lowest BCUT2D eigenvalue weighted by Crippen LogP contribution is -2.23. The lowest BCUT2D eigenvalue weighted by atomic mass is 10.1. The van der Waals surface area contributed by atoms with Crippen LogP contribution in [0.3, 0.4) is 0 Å². The summed E-state index contributed by atoms with van der Waals surface area (Å²) in [5.41, 5.74) is 3.37. The maximum Gasteiger partial charge on any atom is 0.254 e. The van der Waals surface area contributed by atoms with Crippen LogP contribution >= 0.6 is 0 Å². The second-order valence-electron chi connectivity index (χ2n) is 7.94. The highest BCUT2D eigenvalue weighted by molar-refractivity contribution is 5.94. The van der Waals surface area contributed by atoms with Crippen molar-refractivity contribution in [3.8, 4) is 17.2 Å². The molecule has 9 nitrogen and oxygen atoms in total. The Hall–Kier alpha value is -4.40. The molecule has 0 spiro atoms. The van der Waals surface area contributed by atoms with Crippen molar-refractivity contribution in [3.63, 3.8) is 0 Å². The smallest absolute Gasteiger partial charge is 0.254 e.